The maximum absolute atomic E-state index is 12.2. The molecule has 2 aliphatic rings. The molecule has 1 spiro atoms. The predicted octanol–water partition coefficient (Wildman–Crippen LogP) is 2.64. The van der Waals surface area contributed by atoms with Crippen LogP contribution in [0.5, 0.6) is 0 Å². The summed E-state index contributed by atoms with van der Waals surface area (Å²) in [5.74, 6) is 0.716. The highest BCUT2D eigenvalue weighted by Crippen LogP contribution is 2.41. The van der Waals surface area contributed by atoms with Gasteiger partial charge >= 0.3 is 0 Å². The number of ether oxygens (including phenoxy) is 1. The number of hydrogen-bond acceptors (Lipinski definition) is 3. The minimum atomic E-state index is 0.0644. The van der Waals surface area contributed by atoms with Gasteiger partial charge in [0.15, 0.2) is 0 Å². The fraction of sp³-hybridized carbons (Fsp3) is 0.933. The van der Waals surface area contributed by atoms with Gasteiger partial charge in [0.05, 0.1) is 5.60 Å². The van der Waals surface area contributed by atoms with Crippen molar-refractivity contribution < 1.29 is 9.53 Å². The summed E-state index contributed by atoms with van der Waals surface area (Å²) in [7, 11) is 4.06. The first-order valence-electron chi connectivity index (χ1n) is 7.43. The van der Waals surface area contributed by atoms with Crippen molar-refractivity contribution in [3.05, 3.63) is 0 Å². The number of rotatable bonds is 4. The minimum Gasteiger partial charge on any atom is -0.375 e. The van der Waals surface area contributed by atoms with E-state index in [0.29, 0.717) is 12.2 Å². The third kappa shape index (κ3) is 3.55. The molecule has 0 N–H and O–H groups in total. The molecule has 0 radical (unpaired) electrons. The molecule has 2 fully saturated rings. The third-order valence-corrected chi connectivity index (χ3v) is 4.52. The van der Waals surface area contributed by atoms with Crippen LogP contribution in [0.4, 0.5) is 0 Å². The number of hydrogen-bond donors (Lipinski definition) is 0. The van der Waals surface area contributed by atoms with Gasteiger partial charge in [0.1, 0.15) is 5.78 Å². The molecule has 3 nitrogen and oxygen atoms in total. The maximum Gasteiger partial charge on any atom is 0.137 e. The summed E-state index contributed by atoms with van der Waals surface area (Å²) in [4.78, 5) is 14.3. The highest BCUT2D eigenvalue weighted by Gasteiger charge is 2.40. The molecule has 0 amide bonds. The summed E-state index contributed by atoms with van der Waals surface area (Å²) < 4.78 is 6.05. The first-order chi connectivity index (χ1) is 8.61. The second-order valence-electron chi connectivity index (χ2n) is 6.30. The van der Waals surface area contributed by atoms with Crippen LogP contribution in [-0.4, -0.2) is 43.5 Å². The molecule has 3 heteroatoms. The van der Waals surface area contributed by atoms with Gasteiger partial charge in [-0.25, -0.2) is 0 Å². The van der Waals surface area contributed by atoms with Gasteiger partial charge in [0.25, 0.3) is 0 Å². The van der Waals surface area contributed by atoms with E-state index in [2.05, 4.69) is 4.90 Å². The van der Waals surface area contributed by atoms with Crippen molar-refractivity contribution >= 4 is 5.78 Å². The molecule has 1 saturated heterocycles. The summed E-state index contributed by atoms with van der Waals surface area (Å²) in [6.45, 7) is 1.67. The number of carbonyl (C=O) groups excluding carboxylic acids is 1. The van der Waals surface area contributed by atoms with Crippen LogP contribution in [0.25, 0.3) is 0 Å². The Kier molecular flexibility index (Phi) is 4.79. The van der Waals surface area contributed by atoms with E-state index in [1.807, 2.05) is 14.1 Å². The first kappa shape index (κ1) is 14.0. The van der Waals surface area contributed by atoms with Gasteiger partial charge in [0, 0.05) is 25.5 Å². The lowest BCUT2D eigenvalue weighted by atomic mass is 9.74. The summed E-state index contributed by atoms with van der Waals surface area (Å²) >= 11 is 0. The molecule has 0 aromatic rings. The van der Waals surface area contributed by atoms with Crippen LogP contribution in [0.15, 0.2) is 0 Å². The topological polar surface area (TPSA) is 29.5 Å². The summed E-state index contributed by atoms with van der Waals surface area (Å²) in [6, 6.07) is 0. The molecule has 1 unspecified atom stereocenters. The van der Waals surface area contributed by atoms with Gasteiger partial charge in [0.2, 0.25) is 0 Å². The summed E-state index contributed by atoms with van der Waals surface area (Å²) in [6.07, 6.45) is 8.86. The zero-order valence-corrected chi connectivity index (χ0v) is 11.9. The van der Waals surface area contributed by atoms with Gasteiger partial charge in [-0.05, 0) is 39.8 Å². The molecular weight excluding hydrogens is 226 g/mol. The average molecular weight is 253 g/mol. The van der Waals surface area contributed by atoms with Crippen molar-refractivity contribution in [2.45, 2.75) is 57.0 Å². The Morgan fingerprint density at radius 1 is 1.28 bits per heavy atom. The molecule has 1 atom stereocenters. The molecule has 18 heavy (non-hydrogen) atoms. The van der Waals surface area contributed by atoms with Crippen molar-refractivity contribution in [1.29, 1.82) is 0 Å². The highest BCUT2D eigenvalue weighted by molar-refractivity contribution is 5.81. The van der Waals surface area contributed by atoms with E-state index in [9.17, 15) is 4.79 Å². The maximum atomic E-state index is 12.2. The molecule has 0 aromatic carbocycles. The summed E-state index contributed by atoms with van der Waals surface area (Å²) in [5, 5.41) is 0. The number of ketones is 1. The van der Waals surface area contributed by atoms with Crippen LogP contribution in [0.3, 0.4) is 0 Å². The minimum absolute atomic E-state index is 0.0644. The fourth-order valence-corrected chi connectivity index (χ4v) is 3.39. The number of nitrogens with zero attached hydrogens (tertiary/aromatic N) is 1. The Morgan fingerprint density at radius 3 is 2.67 bits per heavy atom. The molecule has 1 aliphatic heterocycles. The number of carbonyl (C=O) groups is 1. The highest BCUT2D eigenvalue weighted by atomic mass is 16.5. The van der Waals surface area contributed by atoms with E-state index in [-0.39, 0.29) is 11.5 Å². The Bertz CT molecular complexity index is 277. The van der Waals surface area contributed by atoms with Crippen molar-refractivity contribution in [1.82, 2.24) is 4.90 Å². The zero-order chi connectivity index (χ0) is 13.0. The molecule has 0 bridgehead atoms. The van der Waals surface area contributed by atoms with E-state index in [4.69, 9.17) is 4.74 Å². The van der Waals surface area contributed by atoms with E-state index < -0.39 is 0 Å². The smallest absolute Gasteiger partial charge is 0.137 e. The number of Topliss-reactive ketones (excluding diaryl/α,β-unsaturated/α-hetero) is 1. The molecule has 1 aliphatic carbocycles. The second kappa shape index (κ2) is 6.16. The molecule has 0 aromatic heterocycles. The van der Waals surface area contributed by atoms with Gasteiger partial charge in [-0.2, -0.15) is 0 Å². The lowest BCUT2D eigenvalue weighted by Crippen LogP contribution is -2.43. The van der Waals surface area contributed by atoms with E-state index in [0.717, 1.165) is 26.0 Å². The monoisotopic (exact) mass is 253 g/mol. The standard InChI is InChI=1S/C15H27NO2/c1-16(2)10-6-14(17)13-7-11-18-15(12-13)8-4-3-5-9-15/h13H,3-12H2,1-2H3. The Balaban J connectivity index is 1.87. The van der Waals surface area contributed by atoms with Crippen molar-refractivity contribution in [3.8, 4) is 0 Å². The lowest BCUT2D eigenvalue weighted by molar-refractivity contribution is -0.143. The molecule has 1 heterocycles. The van der Waals surface area contributed by atoms with E-state index in [1.54, 1.807) is 0 Å². The first-order valence-corrected chi connectivity index (χ1v) is 7.43. The Hall–Kier alpha value is -0.410. The molecule has 104 valence electrons. The van der Waals surface area contributed by atoms with Crippen LogP contribution in [-0.2, 0) is 9.53 Å². The quantitative estimate of drug-likeness (QED) is 0.771. The Morgan fingerprint density at radius 2 is 2.00 bits per heavy atom. The third-order valence-electron chi connectivity index (χ3n) is 4.52. The molecule has 2 rings (SSSR count). The second-order valence-corrected chi connectivity index (χ2v) is 6.30. The van der Waals surface area contributed by atoms with Crippen LogP contribution >= 0.6 is 0 Å². The SMILES string of the molecule is CN(C)CCC(=O)C1CCOC2(CCCCC2)C1. The van der Waals surface area contributed by atoms with Crippen molar-refractivity contribution in [3.63, 3.8) is 0 Å². The average Bonchev–Trinajstić information content (AvgIpc) is 2.37. The summed E-state index contributed by atoms with van der Waals surface area (Å²) in [5.41, 5.74) is 0.0644. The van der Waals surface area contributed by atoms with E-state index in [1.165, 1.54) is 32.1 Å². The van der Waals surface area contributed by atoms with Crippen LogP contribution in [0.2, 0.25) is 0 Å². The van der Waals surface area contributed by atoms with Gasteiger partial charge in [-0.1, -0.05) is 19.3 Å². The normalized spacial score (nSPS) is 27.6. The lowest BCUT2D eigenvalue weighted by Gasteiger charge is -2.43. The zero-order valence-electron chi connectivity index (χ0n) is 11.9. The predicted molar refractivity (Wildman–Crippen MR) is 72.7 cm³/mol. The van der Waals surface area contributed by atoms with Gasteiger partial charge < -0.3 is 9.64 Å². The van der Waals surface area contributed by atoms with Gasteiger partial charge in [-0.15, -0.1) is 0 Å². The van der Waals surface area contributed by atoms with Gasteiger partial charge in [-0.3, -0.25) is 4.79 Å². The van der Waals surface area contributed by atoms with Crippen molar-refractivity contribution in [2.24, 2.45) is 5.92 Å². The van der Waals surface area contributed by atoms with Crippen LogP contribution in [0.1, 0.15) is 51.4 Å². The van der Waals surface area contributed by atoms with Crippen LogP contribution < -0.4 is 0 Å². The largest absolute Gasteiger partial charge is 0.375 e. The van der Waals surface area contributed by atoms with Crippen LogP contribution in [0, 0.1) is 5.92 Å². The van der Waals surface area contributed by atoms with Crippen molar-refractivity contribution in [2.75, 3.05) is 27.2 Å². The molecular formula is C15H27NO2. The molecule has 1 saturated carbocycles. The van der Waals surface area contributed by atoms with E-state index >= 15 is 0 Å². The fourth-order valence-electron chi connectivity index (χ4n) is 3.39. The Labute approximate surface area is 111 Å².